The van der Waals surface area contributed by atoms with E-state index in [2.05, 4.69) is 26.2 Å². The Labute approximate surface area is 187 Å². The second-order valence-corrected chi connectivity index (χ2v) is 9.40. The molecule has 0 saturated carbocycles. The molecule has 28 heavy (non-hydrogen) atoms. The van der Waals surface area contributed by atoms with Crippen LogP contribution in [0.1, 0.15) is 46.0 Å². The highest BCUT2D eigenvalue weighted by molar-refractivity contribution is 14.1. The highest BCUT2D eigenvalue weighted by atomic mass is 127. The lowest BCUT2D eigenvalue weighted by atomic mass is 10.1. The van der Waals surface area contributed by atoms with Gasteiger partial charge in [-0.1, -0.05) is 11.6 Å². The number of fused-ring (bicyclic) bond motifs is 1. The van der Waals surface area contributed by atoms with Crippen molar-refractivity contribution in [1.29, 1.82) is 0 Å². The molecule has 11 heteroatoms. The predicted octanol–water partition coefficient (Wildman–Crippen LogP) is 6.43. The molecule has 2 heterocycles. The summed E-state index contributed by atoms with van der Waals surface area (Å²) < 4.78 is 42.8. The summed E-state index contributed by atoms with van der Waals surface area (Å²) in [4.78, 5) is 16.1. The number of nitrogens with one attached hydrogen (secondary N) is 1. The van der Waals surface area contributed by atoms with Gasteiger partial charge in [0.25, 0.3) is 0 Å². The molecule has 0 fully saturated rings. The second-order valence-electron chi connectivity index (χ2n) is 7.05. The molecule has 0 aliphatic rings. The first-order valence-corrected chi connectivity index (χ1v) is 10.5. The molecule has 0 spiro atoms. The van der Waals surface area contributed by atoms with Gasteiger partial charge in [-0.15, -0.1) is 0 Å². The summed E-state index contributed by atoms with van der Waals surface area (Å²) in [7, 11) is 0. The van der Waals surface area contributed by atoms with Gasteiger partial charge in [0.15, 0.2) is 5.58 Å². The summed E-state index contributed by atoms with van der Waals surface area (Å²) in [5, 5.41) is 2.85. The van der Waals surface area contributed by atoms with Gasteiger partial charge in [-0.2, -0.15) is 8.78 Å². The molecule has 2 aromatic heterocycles. The number of aromatic nitrogens is 1. The zero-order chi connectivity index (χ0) is 21.2. The number of halogens is 5. The summed E-state index contributed by atoms with van der Waals surface area (Å²) in [6, 6.07) is 1.06. The van der Waals surface area contributed by atoms with E-state index in [1.165, 1.54) is 0 Å². The minimum absolute atomic E-state index is 0.0202. The molecule has 0 saturated heterocycles. The van der Waals surface area contributed by atoms with Gasteiger partial charge < -0.3 is 19.2 Å². The molecule has 0 aliphatic carbocycles. The van der Waals surface area contributed by atoms with Gasteiger partial charge in [0, 0.05) is 12.5 Å². The fraction of sp³-hybridized carbons (Fsp3) is 0.529. The first-order chi connectivity index (χ1) is 12.9. The fourth-order valence-electron chi connectivity index (χ4n) is 2.43. The Bertz CT molecular complexity index is 860. The molecule has 1 amide bonds. The van der Waals surface area contributed by atoms with E-state index in [-0.39, 0.29) is 17.3 Å². The summed E-state index contributed by atoms with van der Waals surface area (Å²) >= 11 is 11.3. The van der Waals surface area contributed by atoms with Crippen LogP contribution in [-0.4, -0.2) is 29.3 Å². The predicted molar refractivity (Wildman–Crippen MR) is 113 cm³/mol. The van der Waals surface area contributed by atoms with E-state index >= 15 is 0 Å². The molecule has 6 nitrogen and oxygen atoms in total. The van der Waals surface area contributed by atoms with Crippen LogP contribution in [0.4, 0.5) is 13.6 Å². The van der Waals surface area contributed by atoms with E-state index in [9.17, 15) is 13.6 Å². The van der Waals surface area contributed by atoms with E-state index in [1.807, 2.05) is 22.6 Å². The van der Waals surface area contributed by atoms with Crippen LogP contribution in [0.3, 0.4) is 0 Å². The normalized spacial score (nSPS) is 14.4. The lowest BCUT2D eigenvalue weighted by molar-refractivity contribution is -0.172. The van der Waals surface area contributed by atoms with E-state index < -0.39 is 30.5 Å². The number of carbonyl (C=O) groups is 1. The first-order valence-electron chi connectivity index (χ1n) is 8.24. The molecule has 2 rings (SSSR count). The number of carbonyl (C=O) groups excluding carboxylic acids is 1. The van der Waals surface area contributed by atoms with Crippen LogP contribution in [-0.2, 0) is 9.47 Å². The maximum Gasteiger partial charge on any atom is 0.407 e. The molecule has 2 atom stereocenters. The lowest BCUT2D eigenvalue weighted by Crippen LogP contribution is -2.38. The number of nitrogens with zero attached hydrogens (tertiary/aromatic N) is 1. The Balaban J connectivity index is 2.27. The lowest BCUT2D eigenvalue weighted by Gasteiger charge is -2.24. The summed E-state index contributed by atoms with van der Waals surface area (Å²) in [6.07, 6.45) is -1.77. The van der Waals surface area contributed by atoms with Crippen molar-refractivity contribution < 1.29 is 27.5 Å². The molecular weight excluding hydrogens is 576 g/mol. The Hall–Kier alpha value is -0.720. The largest absolute Gasteiger partial charge is 0.454 e. The molecule has 0 aromatic carbocycles. The van der Waals surface area contributed by atoms with Gasteiger partial charge in [-0.3, -0.25) is 0 Å². The van der Waals surface area contributed by atoms with Crippen molar-refractivity contribution in [2.45, 2.75) is 58.5 Å². The van der Waals surface area contributed by atoms with Gasteiger partial charge >= 0.3 is 12.7 Å². The van der Waals surface area contributed by atoms with Crippen molar-refractivity contribution in [2.24, 2.45) is 0 Å². The quantitative estimate of drug-likeness (QED) is 0.308. The van der Waals surface area contributed by atoms with Crippen molar-refractivity contribution in [3.05, 3.63) is 25.0 Å². The van der Waals surface area contributed by atoms with Gasteiger partial charge in [0.2, 0.25) is 0 Å². The van der Waals surface area contributed by atoms with Crippen molar-refractivity contribution >= 4 is 67.3 Å². The summed E-state index contributed by atoms with van der Waals surface area (Å²) in [5.74, 6) is 0.140. The minimum Gasteiger partial charge on any atom is -0.454 e. The maximum absolute atomic E-state index is 13.0. The van der Waals surface area contributed by atoms with E-state index in [0.717, 1.165) is 0 Å². The fourth-order valence-corrected chi connectivity index (χ4v) is 4.08. The van der Waals surface area contributed by atoms with Crippen molar-refractivity contribution in [3.63, 3.8) is 0 Å². The Morgan fingerprint density at radius 3 is 2.68 bits per heavy atom. The van der Waals surface area contributed by atoms with E-state index in [4.69, 9.17) is 25.5 Å². The third kappa shape index (κ3) is 6.39. The van der Waals surface area contributed by atoms with Crippen LogP contribution in [0.5, 0.6) is 0 Å². The zero-order valence-corrected chi connectivity index (χ0v) is 20.0. The third-order valence-corrected chi connectivity index (χ3v) is 5.18. The average molecular weight is 596 g/mol. The number of hydrogen-bond acceptors (Lipinski definition) is 5. The molecule has 0 aliphatic heterocycles. The van der Waals surface area contributed by atoms with Crippen LogP contribution in [0.15, 0.2) is 15.0 Å². The van der Waals surface area contributed by atoms with Gasteiger partial charge in [-0.25, -0.2) is 9.78 Å². The SMILES string of the molecule is C[C@@H](CC(OC(F)F)c1oc2c(I)cc(Cl)nc2c1Br)NC(=O)OC(C)(C)C. The van der Waals surface area contributed by atoms with Crippen LogP contribution in [0.2, 0.25) is 5.15 Å². The number of amides is 1. The number of furan rings is 1. The third-order valence-electron chi connectivity index (χ3n) is 3.42. The van der Waals surface area contributed by atoms with Gasteiger partial charge in [-0.05, 0) is 72.3 Å². The maximum atomic E-state index is 13.0. The number of rotatable bonds is 6. The second kappa shape index (κ2) is 9.40. The smallest absolute Gasteiger partial charge is 0.407 e. The average Bonchev–Trinajstić information content (AvgIpc) is 2.81. The van der Waals surface area contributed by atoms with Crippen molar-refractivity contribution in [3.8, 4) is 0 Å². The van der Waals surface area contributed by atoms with E-state index in [0.29, 0.717) is 19.1 Å². The van der Waals surface area contributed by atoms with Gasteiger partial charge in [0.1, 0.15) is 28.1 Å². The van der Waals surface area contributed by atoms with Crippen LogP contribution < -0.4 is 5.32 Å². The zero-order valence-electron chi connectivity index (χ0n) is 15.5. The standard InChI is InChI=1S/C17H19BrClF2IN2O4/c1-7(23-16(25)28-17(2,3)4)5-9(26-15(20)21)14-11(18)12-13(27-14)8(22)6-10(19)24-12/h6-7,9,15H,5H2,1-4H3,(H,23,25)/t7-,9?/m0/s1. The van der Waals surface area contributed by atoms with Crippen molar-refractivity contribution in [1.82, 2.24) is 10.3 Å². The summed E-state index contributed by atoms with van der Waals surface area (Å²) in [5.41, 5.74) is 0.136. The van der Waals surface area contributed by atoms with Crippen LogP contribution in [0.25, 0.3) is 11.1 Å². The summed E-state index contributed by atoms with van der Waals surface area (Å²) in [6.45, 7) is 3.80. The van der Waals surface area contributed by atoms with Gasteiger partial charge in [0.05, 0.1) is 8.04 Å². The number of ether oxygens (including phenoxy) is 2. The van der Waals surface area contributed by atoms with Crippen LogP contribution in [0, 0.1) is 3.57 Å². The molecular formula is C17H19BrClF2IN2O4. The topological polar surface area (TPSA) is 73.6 Å². The molecule has 1 N–H and O–H groups in total. The number of pyridine rings is 1. The minimum atomic E-state index is -3.03. The first kappa shape index (κ1) is 23.6. The molecule has 156 valence electrons. The molecule has 0 radical (unpaired) electrons. The highest BCUT2D eigenvalue weighted by Gasteiger charge is 2.29. The van der Waals surface area contributed by atoms with Crippen LogP contribution >= 0.6 is 50.1 Å². The molecule has 1 unspecified atom stereocenters. The molecule has 2 aromatic rings. The Morgan fingerprint density at radius 1 is 1.46 bits per heavy atom. The Kier molecular flexibility index (Phi) is 7.90. The molecule has 0 bridgehead atoms. The number of alkyl halides is 2. The number of alkyl carbamates (subject to hydrolysis) is 1. The Morgan fingerprint density at radius 2 is 2.11 bits per heavy atom. The van der Waals surface area contributed by atoms with Crippen molar-refractivity contribution in [2.75, 3.05) is 0 Å². The number of hydrogen-bond donors (Lipinski definition) is 1. The van der Waals surface area contributed by atoms with E-state index in [1.54, 1.807) is 33.8 Å². The highest BCUT2D eigenvalue weighted by Crippen LogP contribution is 2.39. The monoisotopic (exact) mass is 594 g/mol.